The first-order chi connectivity index (χ1) is 13.5. The van der Waals surface area contributed by atoms with Crippen molar-refractivity contribution in [3.05, 3.63) is 59.7 Å². The molecule has 148 valence electrons. The summed E-state index contributed by atoms with van der Waals surface area (Å²) in [6.45, 7) is 14.4. The van der Waals surface area contributed by atoms with Crippen molar-refractivity contribution in [1.82, 2.24) is 0 Å². The standard InChI is InChI=1S/C25H38Si2.Hf/c1-7-26(8-2,9-3)24-17-13-22(14-18-24)21-23-15-19-25(20-16-23)27(10-4,11-5)12-6;/h13-20H,7-12H2,1-6H3;/q;+2. The summed E-state index contributed by atoms with van der Waals surface area (Å²) in [4.78, 5) is 0. The molecule has 0 fully saturated rings. The van der Waals surface area contributed by atoms with Crippen LogP contribution < -0.4 is 10.4 Å². The number of hydrogen-bond donors (Lipinski definition) is 0. The summed E-state index contributed by atoms with van der Waals surface area (Å²) in [5.41, 5.74) is 2.86. The van der Waals surface area contributed by atoms with Gasteiger partial charge in [-0.2, -0.15) is 0 Å². The fourth-order valence-corrected chi connectivity index (χ4v) is 13.3. The van der Waals surface area contributed by atoms with Gasteiger partial charge < -0.3 is 0 Å². The zero-order valence-electron chi connectivity index (χ0n) is 18.9. The molecule has 0 saturated carbocycles. The number of rotatable bonds is 10. The Bertz CT molecular complexity index is 672. The van der Waals surface area contributed by atoms with Crippen LogP contribution in [0.4, 0.5) is 0 Å². The molecule has 0 heterocycles. The van der Waals surface area contributed by atoms with Crippen molar-refractivity contribution in [3.8, 4) is 0 Å². The van der Waals surface area contributed by atoms with Crippen molar-refractivity contribution in [2.24, 2.45) is 0 Å². The summed E-state index contributed by atoms with van der Waals surface area (Å²) in [7, 11) is -2.53. The summed E-state index contributed by atoms with van der Waals surface area (Å²) < 4.78 is 1.53. The van der Waals surface area contributed by atoms with E-state index in [0.717, 1.165) is 23.9 Å². The van der Waals surface area contributed by atoms with Gasteiger partial charge in [-0.1, -0.05) is 0 Å². The molecule has 2 aromatic carbocycles. The molecule has 0 atom stereocenters. The van der Waals surface area contributed by atoms with Crippen LogP contribution in [0.25, 0.3) is 0 Å². The van der Waals surface area contributed by atoms with Gasteiger partial charge in [0.15, 0.2) is 0 Å². The maximum absolute atomic E-state index is 2.45. The molecule has 2 rings (SSSR count). The molecule has 0 nitrogen and oxygen atoms in total. The van der Waals surface area contributed by atoms with Crippen molar-refractivity contribution in [3.63, 3.8) is 0 Å². The molecule has 0 spiro atoms. The Balaban J connectivity index is 2.27. The Morgan fingerprint density at radius 2 is 0.786 bits per heavy atom. The van der Waals surface area contributed by atoms with Gasteiger partial charge in [-0.15, -0.1) is 0 Å². The van der Waals surface area contributed by atoms with Crippen molar-refractivity contribution in [2.45, 2.75) is 77.8 Å². The van der Waals surface area contributed by atoms with Crippen LogP contribution in [0, 0.1) is 0 Å². The van der Waals surface area contributed by atoms with E-state index in [1.165, 1.54) is 50.6 Å². The van der Waals surface area contributed by atoms with Crippen LogP contribution in [0.3, 0.4) is 0 Å². The molecule has 0 N–H and O–H groups in total. The van der Waals surface area contributed by atoms with Gasteiger partial charge in [0, 0.05) is 0 Å². The molecule has 0 amide bonds. The summed E-state index contributed by atoms with van der Waals surface area (Å²) in [5, 5.41) is 3.30. The fourth-order valence-electron chi connectivity index (χ4n) is 4.87. The zero-order chi connectivity index (χ0) is 20.8. The molecular formula is C25H38HfSi2+2. The van der Waals surface area contributed by atoms with E-state index < -0.39 is 16.1 Å². The van der Waals surface area contributed by atoms with E-state index in [1.54, 1.807) is 10.4 Å². The first-order valence-electron chi connectivity index (χ1n) is 11.3. The topological polar surface area (TPSA) is 0 Å². The van der Waals surface area contributed by atoms with E-state index in [9.17, 15) is 0 Å². The third-order valence-electron chi connectivity index (χ3n) is 7.63. The van der Waals surface area contributed by atoms with Crippen LogP contribution in [-0.4, -0.2) is 19.4 Å². The summed E-state index contributed by atoms with van der Waals surface area (Å²) in [5.74, 6) is 0. The molecule has 0 aromatic heterocycles. The second-order valence-electron chi connectivity index (χ2n) is 8.21. The molecule has 0 aliphatic carbocycles. The Labute approximate surface area is 190 Å². The zero-order valence-corrected chi connectivity index (χ0v) is 24.5. The predicted octanol–water partition coefficient (Wildman–Crippen LogP) is 6.23. The monoisotopic (exact) mass is 574 g/mol. The van der Waals surface area contributed by atoms with Gasteiger partial charge in [-0.25, -0.2) is 0 Å². The van der Waals surface area contributed by atoms with E-state index in [2.05, 4.69) is 90.1 Å². The van der Waals surface area contributed by atoms with Crippen LogP contribution in [-0.2, 0) is 23.9 Å². The van der Waals surface area contributed by atoms with E-state index >= 15 is 0 Å². The van der Waals surface area contributed by atoms with E-state index in [4.69, 9.17) is 0 Å². The van der Waals surface area contributed by atoms with E-state index in [0.29, 0.717) is 0 Å². The van der Waals surface area contributed by atoms with Gasteiger partial charge in [0.2, 0.25) is 0 Å². The van der Waals surface area contributed by atoms with Gasteiger partial charge in [0.05, 0.1) is 0 Å². The van der Waals surface area contributed by atoms with Crippen molar-refractivity contribution in [1.29, 1.82) is 0 Å². The predicted molar refractivity (Wildman–Crippen MR) is 130 cm³/mol. The Morgan fingerprint density at radius 1 is 0.536 bits per heavy atom. The molecule has 0 bridgehead atoms. The third kappa shape index (κ3) is 4.68. The van der Waals surface area contributed by atoms with Crippen LogP contribution in [0.2, 0.25) is 36.3 Å². The molecule has 0 aliphatic heterocycles. The van der Waals surface area contributed by atoms with Crippen LogP contribution in [0.5, 0.6) is 0 Å². The van der Waals surface area contributed by atoms with E-state index in [1.807, 2.05) is 0 Å². The molecule has 28 heavy (non-hydrogen) atoms. The number of hydrogen-bond acceptors (Lipinski definition) is 0. The molecular weight excluding hydrogens is 535 g/mol. The van der Waals surface area contributed by atoms with Crippen molar-refractivity contribution >= 4 is 29.8 Å². The van der Waals surface area contributed by atoms with Gasteiger partial charge in [-0.3, -0.25) is 0 Å². The second kappa shape index (κ2) is 10.6. The average Bonchev–Trinajstić information content (AvgIpc) is 2.77. The quantitative estimate of drug-likeness (QED) is 0.296. The first-order valence-corrected chi connectivity index (χ1v) is 18.3. The second-order valence-corrected chi connectivity index (χ2v) is 20.5. The summed E-state index contributed by atoms with van der Waals surface area (Å²) in [6, 6.07) is 27.6. The third-order valence-corrected chi connectivity index (χ3v) is 20.9. The Kier molecular flexibility index (Phi) is 9.03. The minimum absolute atomic E-state index is 1.08. The minimum atomic E-state index is -1.27. The Hall–Kier alpha value is -0.386. The van der Waals surface area contributed by atoms with E-state index in [-0.39, 0.29) is 0 Å². The van der Waals surface area contributed by atoms with Crippen LogP contribution >= 0.6 is 0 Å². The van der Waals surface area contributed by atoms with Gasteiger partial charge >= 0.3 is 191 Å². The Morgan fingerprint density at radius 3 is 1.00 bits per heavy atom. The van der Waals surface area contributed by atoms with Gasteiger partial charge in [-0.05, 0) is 0 Å². The molecule has 3 heteroatoms. The summed E-state index contributed by atoms with van der Waals surface area (Å²) in [6.07, 6.45) is 0. The normalized spacial score (nSPS) is 12.3. The summed E-state index contributed by atoms with van der Waals surface area (Å²) >= 11 is 1.08. The molecule has 0 aliphatic rings. The van der Waals surface area contributed by atoms with Crippen molar-refractivity contribution < 1.29 is 23.9 Å². The molecule has 2 aromatic rings. The molecule has 0 radical (unpaired) electrons. The van der Waals surface area contributed by atoms with Gasteiger partial charge in [0.25, 0.3) is 0 Å². The van der Waals surface area contributed by atoms with Gasteiger partial charge in [0.1, 0.15) is 0 Å². The average molecular weight is 573 g/mol. The first kappa shape index (κ1) is 23.9. The molecule has 0 saturated heterocycles. The fraction of sp³-hybridized carbons (Fsp3) is 0.480. The number of benzene rings is 2. The molecule has 0 unspecified atom stereocenters. The van der Waals surface area contributed by atoms with Crippen LogP contribution in [0.15, 0.2) is 48.5 Å². The maximum atomic E-state index is 2.45. The van der Waals surface area contributed by atoms with Crippen LogP contribution in [0.1, 0.15) is 52.7 Å². The SMILES string of the molecule is CC[Si](CC)(CC)c1ccc([C](=[Hf+2])c2ccc([Si](CC)(CC)CC)cc2)cc1. The van der Waals surface area contributed by atoms with Crippen molar-refractivity contribution in [2.75, 3.05) is 0 Å².